The zero-order valence-corrected chi connectivity index (χ0v) is 11.2. The number of carboxylic acid groups (broad SMARTS) is 2. The zero-order valence-electron chi connectivity index (χ0n) is 5.09. The summed E-state index contributed by atoms with van der Waals surface area (Å²) >= 11 is 0. The Hall–Kier alpha value is 2.04. The molecule has 6 heavy (non-hydrogen) atoms. The first-order chi connectivity index (χ1) is 1.73. The first-order valence-corrected chi connectivity index (χ1v) is 0.651. The minimum absolute atomic E-state index is 0. The summed E-state index contributed by atoms with van der Waals surface area (Å²) < 4.78 is 0. The molecule has 0 aromatic rings. The number of rotatable bonds is 0. The van der Waals surface area contributed by atoms with E-state index in [4.69, 9.17) is 15.0 Å². The van der Waals surface area contributed by atoms with Crippen LogP contribution in [-0.4, -0.2) is 65.2 Å². The molecule has 0 atom stereocenters. The Morgan fingerprint density at radius 2 is 1.50 bits per heavy atom. The van der Waals surface area contributed by atoms with E-state index in [9.17, 15) is 0 Å². The van der Waals surface area contributed by atoms with Crippen LogP contribution < -0.4 is 0 Å². The zero-order chi connectivity index (χ0) is 3.58. The number of carbonyl (C=O) groups is 1. The Labute approximate surface area is 106 Å². The van der Waals surface area contributed by atoms with E-state index < -0.39 is 6.16 Å². The maximum Gasteiger partial charge on any atom is 2.00 e. The van der Waals surface area contributed by atoms with Crippen LogP contribution in [0, 0.1) is 35.6 Å². The molecule has 0 spiro atoms. The van der Waals surface area contributed by atoms with Gasteiger partial charge in [0.15, 0.2) is 0 Å². The van der Waals surface area contributed by atoms with Crippen molar-refractivity contribution in [2.24, 2.45) is 0 Å². The maximum atomic E-state index is 8.56. The monoisotopic (exact) mass is 341 g/mol. The van der Waals surface area contributed by atoms with Gasteiger partial charge in [0.25, 0.3) is 0 Å². The van der Waals surface area contributed by atoms with Gasteiger partial charge in [0.2, 0.25) is 0 Å². The van der Waals surface area contributed by atoms with Crippen molar-refractivity contribution < 1.29 is 53.5 Å². The van der Waals surface area contributed by atoms with Crippen molar-refractivity contribution in [3.8, 4) is 0 Å². The summed E-state index contributed by atoms with van der Waals surface area (Å²) in [5, 5.41) is 13.9. The fraction of sp³-hybridized carbons (Fsp3) is 0. The molecule has 0 unspecified atom stereocenters. The third kappa shape index (κ3) is 36.9. The average Bonchev–Trinajstić information content (AvgIpc) is 0.811. The van der Waals surface area contributed by atoms with Crippen molar-refractivity contribution in [3.63, 3.8) is 0 Å². The topological polar surface area (TPSA) is 57.5 Å². The quantitative estimate of drug-likeness (QED) is 0.614. The molecule has 0 bridgehead atoms. The van der Waals surface area contributed by atoms with Crippen molar-refractivity contribution in [2.45, 2.75) is 0 Å². The van der Waals surface area contributed by atoms with Gasteiger partial charge >= 0.3 is 55.0 Å². The summed E-state index contributed by atoms with van der Waals surface area (Å²) in [5.74, 6) is 0. The molecule has 3 nitrogen and oxygen atoms in total. The van der Waals surface area contributed by atoms with Crippen LogP contribution in [-0.2, 0) is 0 Å². The normalized spacial score (nSPS) is 4.00. The van der Waals surface area contributed by atoms with E-state index in [2.05, 4.69) is 0 Å². The van der Waals surface area contributed by atoms with Gasteiger partial charge in [-0.25, -0.2) is 4.79 Å². The third-order valence-electron chi connectivity index (χ3n) is 0. The molecule has 0 saturated heterocycles. The molecule has 0 aliphatic carbocycles. The number of hydrogen-bond donors (Lipinski definition) is 2. The average molecular weight is 340 g/mol. The molecule has 0 aromatic carbocycles. The Morgan fingerprint density at radius 3 is 1.50 bits per heavy atom. The second kappa shape index (κ2) is 10.1. The third-order valence-corrected chi connectivity index (χ3v) is 0. The van der Waals surface area contributed by atoms with Crippen LogP contribution in [0.3, 0.4) is 0 Å². The van der Waals surface area contributed by atoms with Gasteiger partial charge < -0.3 is 13.1 Å². The van der Waals surface area contributed by atoms with Gasteiger partial charge in [0.05, 0.1) is 0 Å². The summed E-state index contributed by atoms with van der Waals surface area (Å²) in [4.78, 5) is 8.56. The minimum Gasteiger partial charge on any atom is -1.00 e. The smallest absolute Gasteiger partial charge is 1.00 e. The fourth-order valence-electron chi connectivity index (χ4n) is 0. The van der Waals surface area contributed by atoms with Gasteiger partial charge in [-0.15, -0.1) is 0 Å². The molecule has 0 aliphatic rings. The molecule has 31 valence electrons. The molecule has 0 aliphatic heterocycles. The van der Waals surface area contributed by atoms with Crippen LogP contribution in [0.15, 0.2) is 0 Å². The Bertz CT molecular complexity index is 40.3. The van der Waals surface area contributed by atoms with E-state index in [0.29, 0.717) is 0 Å². The van der Waals surface area contributed by atoms with Gasteiger partial charge in [0, 0.05) is 35.6 Å². The van der Waals surface area contributed by atoms with Crippen LogP contribution in [0.1, 0.15) is 2.85 Å². The van der Waals surface area contributed by atoms with E-state index >= 15 is 0 Å². The molecule has 0 amide bonds. The van der Waals surface area contributed by atoms with Gasteiger partial charge in [-0.05, 0) is 0 Å². The summed E-state index contributed by atoms with van der Waals surface area (Å²) in [6.45, 7) is 0. The van der Waals surface area contributed by atoms with Crippen molar-refractivity contribution in [1.82, 2.24) is 0 Å². The standard InChI is InChI=1S/CH2O3.Ba.La.2H/c2-1(3)4;;;;/h(H2,2,3,4);;;;/q;+2;;2*-1. The second-order valence-corrected chi connectivity index (χ2v) is 0.283. The van der Waals surface area contributed by atoms with Gasteiger partial charge in [-0.3, -0.25) is 0 Å². The van der Waals surface area contributed by atoms with E-state index in [0.717, 1.165) is 0 Å². The largest absolute Gasteiger partial charge is 2.00 e. The van der Waals surface area contributed by atoms with Crippen molar-refractivity contribution in [2.75, 3.05) is 0 Å². The predicted molar refractivity (Wildman–Crippen MR) is 18.6 cm³/mol. The Morgan fingerprint density at radius 1 is 1.50 bits per heavy atom. The predicted octanol–water partition coefficient (Wildman–Crippen LogP) is 0.0666. The van der Waals surface area contributed by atoms with E-state index in [-0.39, 0.29) is 87.3 Å². The molecule has 5 heteroatoms. The van der Waals surface area contributed by atoms with E-state index in [1.165, 1.54) is 0 Å². The fourth-order valence-corrected chi connectivity index (χ4v) is 0. The molecule has 0 rings (SSSR count). The van der Waals surface area contributed by atoms with Crippen molar-refractivity contribution in [3.05, 3.63) is 0 Å². The summed E-state index contributed by atoms with van der Waals surface area (Å²) in [6, 6.07) is 0. The first kappa shape index (κ1) is 15.7. The molecule has 0 fully saturated rings. The van der Waals surface area contributed by atoms with E-state index in [1.54, 1.807) is 0 Å². The maximum absolute atomic E-state index is 8.56. The molecule has 0 heterocycles. The first-order valence-electron chi connectivity index (χ1n) is 0.651. The van der Waals surface area contributed by atoms with Gasteiger partial charge in [0.1, 0.15) is 0 Å². The molecule has 0 aromatic heterocycles. The van der Waals surface area contributed by atoms with Crippen molar-refractivity contribution in [1.29, 1.82) is 0 Å². The van der Waals surface area contributed by atoms with Crippen LogP contribution in [0.2, 0.25) is 0 Å². The number of hydrogen-bond acceptors (Lipinski definition) is 1. The second-order valence-electron chi connectivity index (χ2n) is 0.283. The van der Waals surface area contributed by atoms with Crippen molar-refractivity contribution >= 4 is 55.0 Å². The SMILES string of the molecule is O=C(O)O.[Ba+2].[H-].[H-].[La]. The summed E-state index contributed by atoms with van der Waals surface area (Å²) in [7, 11) is 0. The Kier molecular flexibility index (Phi) is 26.4. The Balaban J connectivity index is -0.00000000750. The molecular formula is CH4BaLaO3. The van der Waals surface area contributed by atoms with Crippen LogP contribution in [0.25, 0.3) is 0 Å². The van der Waals surface area contributed by atoms with Gasteiger partial charge in [-0.2, -0.15) is 0 Å². The summed E-state index contributed by atoms with van der Waals surface area (Å²) in [5.41, 5.74) is 0. The molecule has 2 N–H and O–H groups in total. The molecular weight excluding hydrogens is 336 g/mol. The van der Waals surface area contributed by atoms with Crippen LogP contribution in [0.4, 0.5) is 4.79 Å². The van der Waals surface area contributed by atoms with Crippen LogP contribution in [0.5, 0.6) is 0 Å². The van der Waals surface area contributed by atoms with E-state index in [1.807, 2.05) is 0 Å². The van der Waals surface area contributed by atoms with Gasteiger partial charge in [-0.1, -0.05) is 0 Å². The summed E-state index contributed by atoms with van der Waals surface area (Å²) in [6.07, 6.45) is -1.83. The van der Waals surface area contributed by atoms with Crippen LogP contribution >= 0.6 is 0 Å². The molecule has 1 radical (unpaired) electrons. The minimum atomic E-state index is -1.83. The molecule has 0 saturated carbocycles.